The topological polar surface area (TPSA) is 68.1 Å². The molecule has 0 aliphatic carbocycles. The smallest absolute Gasteiger partial charge is 0.293 e. The van der Waals surface area contributed by atoms with Crippen molar-refractivity contribution in [3.8, 4) is 0 Å². The van der Waals surface area contributed by atoms with E-state index in [4.69, 9.17) is 23.2 Å². The summed E-state index contributed by atoms with van der Waals surface area (Å²) in [5.74, 6) is 0. The van der Waals surface area contributed by atoms with Gasteiger partial charge in [-0.1, -0.05) is 23.2 Å². The normalized spacial score (nSPS) is 11.4. The number of benzene rings is 1. The lowest BCUT2D eigenvalue weighted by molar-refractivity contribution is -0.384. The number of aromatic nitrogens is 1. The van der Waals surface area contributed by atoms with E-state index in [1.54, 1.807) is 6.20 Å². The summed E-state index contributed by atoms with van der Waals surface area (Å²) in [5.41, 5.74) is -0.371. The molecule has 0 saturated heterocycles. The van der Waals surface area contributed by atoms with Crippen molar-refractivity contribution in [2.45, 2.75) is 19.4 Å². The highest BCUT2D eigenvalue weighted by Crippen LogP contribution is 2.37. The molecule has 1 heterocycles. The second-order valence-electron chi connectivity index (χ2n) is 4.63. The zero-order chi connectivity index (χ0) is 14.9. The summed E-state index contributed by atoms with van der Waals surface area (Å²) in [5, 5.41) is 17.3. The lowest BCUT2D eigenvalue weighted by Crippen LogP contribution is -2.28. The summed E-state index contributed by atoms with van der Waals surface area (Å²) < 4.78 is 0. The van der Waals surface area contributed by atoms with Gasteiger partial charge in [-0.15, -0.1) is 11.3 Å². The largest absolute Gasteiger partial charge is 0.368 e. The summed E-state index contributed by atoms with van der Waals surface area (Å²) in [7, 11) is 0. The molecular weight excluding hydrogens is 321 g/mol. The van der Waals surface area contributed by atoms with E-state index < -0.39 is 10.5 Å². The monoisotopic (exact) mass is 331 g/mol. The van der Waals surface area contributed by atoms with E-state index >= 15 is 0 Å². The minimum Gasteiger partial charge on any atom is -0.368 e. The van der Waals surface area contributed by atoms with Crippen LogP contribution in [0.1, 0.15) is 18.9 Å². The maximum absolute atomic E-state index is 11.1. The van der Waals surface area contributed by atoms with Gasteiger partial charge in [0.15, 0.2) is 0 Å². The van der Waals surface area contributed by atoms with Crippen molar-refractivity contribution >= 4 is 45.9 Å². The molecule has 0 unspecified atom stereocenters. The van der Waals surface area contributed by atoms with Gasteiger partial charge in [-0.2, -0.15) is 0 Å². The number of rotatable bonds is 4. The first-order chi connectivity index (χ1) is 9.31. The summed E-state index contributed by atoms with van der Waals surface area (Å²) >= 11 is 13.2. The van der Waals surface area contributed by atoms with Gasteiger partial charge < -0.3 is 5.32 Å². The number of nitrogens with one attached hydrogen (secondary N) is 1. The molecule has 5 nitrogen and oxygen atoms in total. The number of hydrogen-bond donors (Lipinski definition) is 1. The van der Waals surface area contributed by atoms with Crippen molar-refractivity contribution in [3.63, 3.8) is 0 Å². The lowest BCUT2D eigenvalue weighted by atomic mass is 10.1. The predicted octanol–water partition coefficient (Wildman–Crippen LogP) is 4.71. The fourth-order valence-electron chi connectivity index (χ4n) is 1.71. The van der Waals surface area contributed by atoms with Gasteiger partial charge in [0.2, 0.25) is 0 Å². The molecule has 1 aromatic heterocycles. The minimum absolute atomic E-state index is 0.121. The number of anilines is 1. The van der Waals surface area contributed by atoms with Crippen molar-refractivity contribution in [2.24, 2.45) is 0 Å². The number of nitro benzene ring substituents is 1. The summed E-state index contributed by atoms with van der Waals surface area (Å²) in [4.78, 5) is 14.8. The number of hydrogen-bond acceptors (Lipinski definition) is 5. The van der Waals surface area contributed by atoms with Gasteiger partial charge in [0.1, 0.15) is 10.7 Å². The van der Waals surface area contributed by atoms with Crippen LogP contribution in [0.2, 0.25) is 10.0 Å². The lowest BCUT2D eigenvalue weighted by Gasteiger charge is -2.25. The SMILES string of the molecule is CC(C)(Nc1cc(Cl)c(Cl)cc1[N+](=O)[O-])c1nccs1. The zero-order valence-corrected chi connectivity index (χ0v) is 13.0. The Bertz CT molecular complexity index is 644. The third-order valence-corrected chi connectivity index (χ3v) is 4.47. The van der Waals surface area contributed by atoms with Gasteiger partial charge in [-0.3, -0.25) is 10.1 Å². The Morgan fingerprint density at radius 3 is 2.55 bits per heavy atom. The molecule has 0 bridgehead atoms. The first kappa shape index (κ1) is 15.0. The van der Waals surface area contributed by atoms with Crippen LogP contribution in [0.15, 0.2) is 23.7 Å². The van der Waals surface area contributed by atoms with Crippen molar-refractivity contribution in [1.29, 1.82) is 0 Å². The fourth-order valence-corrected chi connectivity index (χ4v) is 2.75. The zero-order valence-electron chi connectivity index (χ0n) is 10.7. The number of nitro groups is 1. The third kappa shape index (κ3) is 3.03. The van der Waals surface area contributed by atoms with Gasteiger partial charge in [-0.25, -0.2) is 4.98 Å². The molecule has 0 amide bonds. The standard InChI is InChI=1S/C12H11Cl2N3O2S/c1-12(2,11-15-3-4-20-11)16-9-5-7(13)8(14)6-10(9)17(18)19/h3-6,16H,1-2H3. The molecule has 1 N–H and O–H groups in total. The van der Waals surface area contributed by atoms with Crippen molar-refractivity contribution in [2.75, 3.05) is 5.32 Å². The van der Waals surface area contributed by atoms with E-state index in [9.17, 15) is 10.1 Å². The first-order valence-electron chi connectivity index (χ1n) is 5.63. The molecule has 0 fully saturated rings. The molecule has 0 aliphatic heterocycles. The molecule has 2 rings (SSSR count). The van der Waals surface area contributed by atoms with Crippen LogP contribution in [-0.4, -0.2) is 9.91 Å². The molecule has 1 aromatic carbocycles. The number of halogens is 2. The molecule has 8 heteroatoms. The molecule has 0 saturated carbocycles. The van der Waals surface area contributed by atoms with Crippen LogP contribution in [0.3, 0.4) is 0 Å². The van der Waals surface area contributed by atoms with Crippen LogP contribution in [0.25, 0.3) is 0 Å². The second-order valence-corrected chi connectivity index (χ2v) is 6.34. The van der Waals surface area contributed by atoms with Crippen LogP contribution in [0.5, 0.6) is 0 Å². The van der Waals surface area contributed by atoms with Gasteiger partial charge in [0.25, 0.3) is 5.69 Å². The predicted molar refractivity (Wildman–Crippen MR) is 81.9 cm³/mol. The molecule has 0 atom stereocenters. The van der Waals surface area contributed by atoms with Gasteiger partial charge in [0.05, 0.1) is 20.5 Å². The Hall–Kier alpha value is -1.37. The van der Waals surface area contributed by atoms with Gasteiger partial charge in [0, 0.05) is 17.6 Å². The average Bonchev–Trinajstić information content (AvgIpc) is 2.87. The second kappa shape index (κ2) is 5.55. The third-order valence-electron chi connectivity index (χ3n) is 2.65. The molecular formula is C12H11Cl2N3O2S. The average molecular weight is 332 g/mol. The Kier molecular flexibility index (Phi) is 4.17. The van der Waals surface area contributed by atoms with E-state index in [0.29, 0.717) is 5.69 Å². The molecule has 20 heavy (non-hydrogen) atoms. The van der Waals surface area contributed by atoms with Gasteiger partial charge >= 0.3 is 0 Å². The molecule has 0 radical (unpaired) electrons. The minimum atomic E-state index is -0.559. The van der Waals surface area contributed by atoms with Crippen LogP contribution in [-0.2, 0) is 5.54 Å². The van der Waals surface area contributed by atoms with E-state index in [0.717, 1.165) is 5.01 Å². The molecule has 0 spiro atoms. The van der Waals surface area contributed by atoms with Crippen LogP contribution in [0, 0.1) is 10.1 Å². The Morgan fingerprint density at radius 2 is 2.00 bits per heavy atom. The van der Waals surface area contributed by atoms with E-state index in [-0.39, 0.29) is 15.7 Å². The van der Waals surface area contributed by atoms with E-state index in [1.807, 2.05) is 19.2 Å². The summed E-state index contributed by atoms with van der Waals surface area (Å²) in [6, 6.07) is 2.70. The Morgan fingerprint density at radius 1 is 1.35 bits per heavy atom. The quantitative estimate of drug-likeness (QED) is 0.650. The first-order valence-corrected chi connectivity index (χ1v) is 7.26. The summed E-state index contributed by atoms with van der Waals surface area (Å²) in [6.07, 6.45) is 1.69. The van der Waals surface area contributed by atoms with Crippen molar-refractivity contribution in [1.82, 2.24) is 4.98 Å². The highest BCUT2D eigenvalue weighted by Gasteiger charge is 2.27. The number of thiazole rings is 1. The highest BCUT2D eigenvalue weighted by atomic mass is 35.5. The van der Waals surface area contributed by atoms with Crippen LogP contribution >= 0.6 is 34.5 Å². The summed E-state index contributed by atoms with van der Waals surface area (Å²) in [6.45, 7) is 3.77. The fraction of sp³-hybridized carbons (Fsp3) is 0.250. The number of nitrogens with zero attached hydrogens (tertiary/aromatic N) is 2. The Labute approximate surface area is 129 Å². The maximum Gasteiger partial charge on any atom is 0.293 e. The molecule has 2 aromatic rings. The van der Waals surface area contributed by atoms with Gasteiger partial charge in [-0.05, 0) is 19.9 Å². The van der Waals surface area contributed by atoms with E-state index in [1.165, 1.54) is 23.5 Å². The Balaban J connectivity index is 2.43. The van der Waals surface area contributed by atoms with E-state index in [2.05, 4.69) is 10.3 Å². The van der Waals surface area contributed by atoms with Crippen molar-refractivity contribution < 1.29 is 4.92 Å². The van der Waals surface area contributed by atoms with Crippen LogP contribution < -0.4 is 5.32 Å². The molecule has 106 valence electrons. The maximum atomic E-state index is 11.1. The molecule has 0 aliphatic rings. The van der Waals surface area contributed by atoms with Crippen LogP contribution in [0.4, 0.5) is 11.4 Å². The van der Waals surface area contributed by atoms with Crippen molar-refractivity contribution in [3.05, 3.63) is 48.9 Å². The highest BCUT2D eigenvalue weighted by molar-refractivity contribution is 7.09.